The summed E-state index contributed by atoms with van der Waals surface area (Å²) in [6, 6.07) is 8.86. The van der Waals surface area contributed by atoms with Crippen LogP contribution in [0.25, 0.3) is 5.65 Å². The van der Waals surface area contributed by atoms with Crippen LogP contribution in [0.1, 0.15) is 44.0 Å². The summed E-state index contributed by atoms with van der Waals surface area (Å²) in [5.41, 5.74) is 4.74. The lowest BCUT2D eigenvalue weighted by Crippen LogP contribution is -2.61. The van der Waals surface area contributed by atoms with E-state index >= 15 is 0 Å². The van der Waals surface area contributed by atoms with E-state index in [1.54, 1.807) is 0 Å². The first-order valence-electron chi connectivity index (χ1n) is 11.2. The maximum atomic E-state index is 13.2. The van der Waals surface area contributed by atoms with Gasteiger partial charge in [-0.2, -0.15) is 0 Å². The van der Waals surface area contributed by atoms with Crippen molar-refractivity contribution in [1.82, 2.24) is 19.1 Å². The Hall–Kier alpha value is -1.61. The molecule has 1 spiro atoms. The van der Waals surface area contributed by atoms with Crippen LogP contribution < -0.4 is 9.62 Å². The van der Waals surface area contributed by atoms with Crippen LogP contribution in [0.4, 0.5) is 5.95 Å². The van der Waals surface area contributed by atoms with E-state index < -0.39 is 11.4 Å². The number of aryl methyl sites for hydroxylation is 1. The molecule has 1 N–H and O–H groups in total. The molecule has 2 aromatic heterocycles. The molecule has 8 heteroatoms. The maximum Gasteiger partial charge on any atom is 0.211 e. The molecule has 3 heterocycles. The van der Waals surface area contributed by atoms with Crippen LogP contribution in [0.5, 0.6) is 0 Å². The fraction of sp³-hybridized carbons (Fsp3) is 0.500. The van der Waals surface area contributed by atoms with Crippen LogP contribution in [-0.2, 0) is 24.2 Å². The van der Waals surface area contributed by atoms with Gasteiger partial charge in [-0.25, -0.2) is 9.97 Å². The van der Waals surface area contributed by atoms with Crippen molar-refractivity contribution in [1.29, 1.82) is 0 Å². The summed E-state index contributed by atoms with van der Waals surface area (Å²) in [5.74, 6) is 0.900. The van der Waals surface area contributed by atoms with Crippen LogP contribution in [0.3, 0.4) is 0 Å². The van der Waals surface area contributed by atoms with Gasteiger partial charge in [-0.15, -0.1) is 4.72 Å². The highest BCUT2D eigenvalue weighted by Crippen LogP contribution is 2.46. The number of aromatic nitrogens is 3. The fourth-order valence-corrected chi connectivity index (χ4v) is 6.42. The number of fused-ring (bicyclic) bond motifs is 2. The number of nitrogens with zero attached hydrogens (tertiary/aromatic N) is 4. The van der Waals surface area contributed by atoms with Crippen molar-refractivity contribution >= 4 is 38.9 Å². The van der Waals surface area contributed by atoms with Gasteiger partial charge in [0.25, 0.3) is 0 Å². The van der Waals surface area contributed by atoms with Gasteiger partial charge in [0.2, 0.25) is 5.95 Å². The minimum atomic E-state index is -1.14. The highest BCUT2D eigenvalue weighted by Gasteiger charge is 2.50. The monoisotopic (exact) mass is 515 g/mol. The SMILES string of the molecule is Cc1nc(N2CCC3(Cc4ccccc4C3)C(N[S@+]([O-])C(C)(C)C)C2)n2ccnc2c1Br. The Labute approximate surface area is 201 Å². The first kappa shape index (κ1) is 22.2. The fourth-order valence-electron chi connectivity index (χ4n) is 5.10. The Kier molecular flexibility index (Phi) is 5.55. The van der Waals surface area contributed by atoms with E-state index in [-0.39, 0.29) is 16.2 Å². The van der Waals surface area contributed by atoms with Crippen molar-refractivity contribution in [2.75, 3.05) is 18.0 Å². The molecular formula is C24H30BrN5OS. The molecule has 0 bridgehead atoms. The largest absolute Gasteiger partial charge is 0.598 e. The summed E-state index contributed by atoms with van der Waals surface area (Å²) in [6.07, 6.45) is 6.86. The van der Waals surface area contributed by atoms with Gasteiger partial charge in [-0.1, -0.05) is 24.3 Å². The molecule has 1 unspecified atom stereocenters. The summed E-state index contributed by atoms with van der Waals surface area (Å²) in [7, 11) is 0. The van der Waals surface area contributed by atoms with Crippen molar-refractivity contribution in [2.45, 2.75) is 57.7 Å². The third-order valence-corrected chi connectivity index (χ3v) is 9.49. The zero-order valence-electron chi connectivity index (χ0n) is 19.1. The summed E-state index contributed by atoms with van der Waals surface area (Å²) in [6.45, 7) is 9.77. The van der Waals surface area contributed by atoms with Gasteiger partial charge in [-0.3, -0.25) is 4.40 Å². The molecule has 1 saturated heterocycles. The highest BCUT2D eigenvalue weighted by molar-refractivity contribution is 9.10. The van der Waals surface area contributed by atoms with Gasteiger partial charge in [0.15, 0.2) is 5.65 Å². The summed E-state index contributed by atoms with van der Waals surface area (Å²) >= 11 is 2.49. The van der Waals surface area contributed by atoms with Crippen LogP contribution in [0.15, 0.2) is 41.1 Å². The molecule has 6 nitrogen and oxygen atoms in total. The molecule has 3 aromatic rings. The summed E-state index contributed by atoms with van der Waals surface area (Å²) in [4.78, 5) is 11.8. The second kappa shape index (κ2) is 8.01. The third-order valence-electron chi connectivity index (χ3n) is 6.95. The van der Waals surface area contributed by atoms with Crippen LogP contribution in [0.2, 0.25) is 0 Å². The summed E-state index contributed by atoms with van der Waals surface area (Å²) in [5, 5.41) is 0. The predicted octanol–water partition coefficient (Wildman–Crippen LogP) is 4.22. The zero-order valence-corrected chi connectivity index (χ0v) is 21.5. The molecule has 170 valence electrons. The molecule has 1 aromatic carbocycles. The van der Waals surface area contributed by atoms with Crippen molar-refractivity contribution in [3.63, 3.8) is 0 Å². The Morgan fingerprint density at radius 1 is 1.22 bits per heavy atom. The summed E-state index contributed by atoms with van der Waals surface area (Å²) < 4.78 is 19.4. The van der Waals surface area contributed by atoms with Gasteiger partial charge in [0.1, 0.15) is 4.75 Å². The standard InChI is InChI=1S/C24H30BrN5OS/c1-16-20(25)21-26-10-12-30(21)22(27-16)29-11-9-24(13-17-7-5-6-8-18(17)14-24)19(15-29)28-32(31)23(2,3)4/h5-8,10,12,19,28H,9,11,13-15H2,1-4H3/t19?,32-/m1/s1. The lowest BCUT2D eigenvalue weighted by molar-refractivity contribution is 0.179. The Morgan fingerprint density at radius 2 is 1.91 bits per heavy atom. The van der Waals surface area contributed by atoms with Gasteiger partial charge in [-0.05, 0) is 74.0 Å². The molecule has 1 fully saturated rings. The minimum absolute atomic E-state index is 0.0690. The van der Waals surface area contributed by atoms with Crippen molar-refractivity contribution < 1.29 is 4.55 Å². The molecule has 5 rings (SSSR count). The topological polar surface area (TPSA) is 68.5 Å². The van der Waals surface area contributed by atoms with Gasteiger partial charge in [0.05, 0.1) is 16.2 Å². The van der Waals surface area contributed by atoms with E-state index in [2.05, 4.69) is 59.2 Å². The molecule has 0 saturated carbocycles. The van der Waals surface area contributed by atoms with Crippen LogP contribution in [0, 0.1) is 12.3 Å². The average Bonchev–Trinajstić information content (AvgIpc) is 3.37. The van der Waals surface area contributed by atoms with Crippen molar-refractivity contribution in [3.8, 4) is 0 Å². The Bertz CT molecular complexity index is 1130. The van der Waals surface area contributed by atoms with Gasteiger partial charge < -0.3 is 9.45 Å². The number of anilines is 1. The molecule has 1 aliphatic carbocycles. The molecule has 0 amide bonds. The molecule has 2 aliphatic rings. The number of piperidine rings is 1. The quantitative estimate of drug-likeness (QED) is 0.529. The van der Waals surface area contributed by atoms with E-state index in [1.165, 1.54) is 11.1 Å². The first-order chi connectivity index (χ1) is 15.2. The molecular weight excluding hydrogens is 486 g/mol. The number of benzene rings is 1. The van der Waals surface area contributed by atoms with E-state index in [4.69, 9.17) is 4.98 Å². The van der Waals surface area contributed by atoms with Crippen molar-refractivity contribution in [3.05, 3.63) is 58.0 Å². The second-order valence-electron chi connectivity index (χ2n) is 10.2. The Morgan fingerprint density at radius 3 is 2.56 bits per heavy atom. The predicted molar refractivity (Wildman–Crippen MR) is 133 cm³/mol. The van der Waals surface area contributed by atoms with Crippen LogP contribution in [-0.4, -0.2) is 42.8 Å². The number of halogens is 1. The van der Waals surface area contributed by atoms with Crippen molar-refractivity contribution in [2.24, 2.45) is 5.41 Å². The van der Waals surface area contributed by atoms with Gasteiger partial charge in [0, 0.05) is 42.3 Å². The average molecular weight is 517 g/mol. The third kappa shape index (κ3) is 3.75. The highest BCUT2D eigenvalue weighted by atomic mass is 79.9. The first-order valence-corrected chi connectivity index (χ1v) is 13.1. The number of hydrogen-bond acceptors (Lipinski definition) is 5. The zero-order chi connectivity index (χ0) is 22.7. The lowest BCUT2D eigenvalue weighted by Gasteiger charge is -2.46. The van der Waals surface area contributed by atoms with Crippen LogP contribution >= 0.6 is 15.9 Å². The number of nitrogens with one attached hydrogen (secondary N) is 1. The molecule has 32 heavy (non-hydrogen) atoms. The van der Waals surface area contributed by atoms with E-state index in [9.17, 15) is 4.55 Å². The van der Waals surface area contributed by atoms with E-state index in [0.29, 0.717) is 0 Å². The molecule has 1 aliphatic heterocycles. The minimum Gasteiger partial charge on any atom is -0.598 e. The normalized spacial score (nSPS) is 21.3. The number of rotatable bonds is 3. The molecule has 0 radical (unpaired) electrons. The maximum absolute atomic E-state index is 13.2. The number of hydrogen-bond donors (Lipinski definition) is 1. The van der Waals surface area contributed by atoms with Gasteiger partial charge >= 0.3 is 0 Å². The van der Waals surface area contributed by atoms with E-state index in [1.807, 2.05) is 40.1 Å². The lowest BCUT2D eigenvalue weighted by atomic mass is 9.72. The molecule has 2 atom stereocenters. The second-order valence-corrected chi connectivity index (χ2v) is 13.0. The van der Waals surface area contributed by atoms with E-state index in [0.717, 1.165) is 54.1 Å². The smallest absolute Gasteiger partial charge is 0.211 e. The number of imidazole rings is 1. The Balaban J connectivity index is 1.50.